The minimum atomic E-state index is -3.29. The molecule has 1 fully saturated rings. The van der Waals surface area contributed by atoms with Crippen molar-refractivity contribution in [3.05, 3.63) is 64.1 Å². The van der Waals surface area contributed by atoms with E-state index >= 15 is 0 Å². The van der Waals surface area contributed by atoms with Crippen LogP contribution >= 0.6 is 15.9 Å². The molecule has 104 valence electrons. The number of aromatic nitrogens is 1. The first kappa shape index (κ1) is 13.6. The lowest BCUT2D eigenvalue weighted by Crippen LogP contribution is -2.33. The standard InChI is InChI=1S/C14H9BrF3NO/c15-10-3-6-12(19-7-10)14(17,18)13(8-20-13)9-1-4-11(16)5-2-9/h1-7H,8H2. The highest BCUT2D eigenvalue weighted by atomic mass is 79.9. The Morgan fingerprint density at radius 3 is 2.30 bits per heavy atom. The molecule has 6 heteroatoms. The first-order valence-corrected chi connectivity index (χ1v) is 6.65. The average molecular weight is 344 g/mol. The van der Waals surface area contributed by atoms with Gasteiger partial charge in [-0.2, -0.15) is 8.78 Å². The maximum Gasteiger partial charge on any atom is 0.324 e. The molecule has 1 aliphatic rings. The molecule has 0 aliphatic carbocycles. The molecule has 1 unspecified atom stereocenters. The van der Waals surface area contributed by atoms with Crippen LogP contribution in [-0.2, 0) is 16.3 Å². The lowest BCUT2D eigenvalue weighted by Gasteiger charge is -2.23. The van der Waals surface area contributed by atoms with Crippen LogP contribution in [0.3, 0.4) is 0 Å². The molecule has 0 N–H and O–H groups in total. The maximum absolute atomic E-state index is 14.6. The van der Waals surface area contributed by atoms with Gasteiger partial charge in [0, 0.05) is 10.7 Å². The monoisotopic (exact) mass is 343 g/mol. The zero-order valence-electron chi connectivity index (χ0n) is 10.1. The normalized spacial score (nSPS) is 21.8. The van der Waals surface area contributed by atoms with Crippen molar-refractivity contribution in [2.24, 2.45) is 0 Å². The largest absolute Gasteiger partial charge is 0.357 e. The topological polar surface area (TPSA) is 25.4 Å². The van der Waals surface area contributed by atoms with Gasteiger partial charge < -0.3 is 4.74 Å². The highest BCUT2D eigenvalue weighted by Crippen LogP contribution is 2.55. The van der Waals surface area contributed by atoms with Crippen molar-refractivity contribution in [2.75, 3.05) is 6.61 Å². The fourth-order valence-corrected chi connectivity index (χ4v) is 2.32. The first-order valence-electron chi connectivity index (χ1n) is 5.85. The molecular formula is C14H9BrF3NO. The summed E-state index contributed by atoms with van der Waals surface area (Å²) in [5, 5.41) is 0. The average Bonchev–Trinajstić information content (AvgIpc) is 3.22. The van der Waals surface area contributed by atoms with Gasteiger partial charge in [-0.05, 0) is 45.8 Å². The molecule has 1 aliphatic heterocycles. The van der Waals surface area contributed by atoms with Gasteiger partial charge in [-0.1, -0.05) is 12.1 Å². The van der Waals surface area contributed by atoms with Crippen LogP contribution in [0.15, 0.2) is 47.1 Å². The Hall–Kier alpha value is -1.40. The highest BCUT2D eigenvalue weighted by molar-refractivity contribution is 9.10. The first-order chi connectivity index (χ1) is 9.46. The third-order valence-electron chi connectivity index (χ3n) is 3.30. The lowest BCUT2D eigenvalue weighted by molar-refractivity contribution is -0.0890. The Bertz CT molecular complexity index is 578. The molecule has 1 aromatic carbocycles. The van der Waals surface area contributed by atoms with Crippen LogP contribution < -0.4 is 0 Å². The van der Waals surface area contributed by atoms with E-state index in [1.165, 1.54) is 30.5 Å². The van der Waals surface area contributed by atoms with E-state index in [9.17, 15) is 13.2 Å². The predicted molar refractivity (Wildman–Crippen MR) is 69.9 cm³/mol. The number of benzene rings is 1. The number of rotatable bonds is 3. The molecule has 0 bridgehead atoms. The van der Waals surface area contributed by atoms with Crippen LogP contribution in [0.1, 0.15) is 11.3 Å². The number of pyridine rings is 1. The van der Waals surface area contributed by atoms with Gasteiger partial charge in [0.2, 0.25) is 0 Å². The fraction of sp³-hybridized carbons (Fsp3) is 0.214. The Morgan fingerprint density at radius 2 is 1.80 bits per heavy atom. The van der Waals surface area contributed by atoms with Crippen LogP contribution in [0.4, 0.5) is 13.2 Å². The molecule has 2 aromatic rings. The minimum Gasteiger partial charge on any atom is -0.357 e. The van der Waals surface area contributed by atoms with E-state index in [-0.39, 0.29) is 17.9 Å². The molecule has 0 amide bonds. The molecule has 2 heterocycles. The summed E-state index contributed by atoms with van der Waals surface area (Å²) in [6.07, 6.45) is 1.31. The quantitative estimate of drug-likeness (QED) is 0.787. The fourth-order valence-electron chi connectivity index (χ4n) is 2.09. The van der Waals surface area contributed by atoms with Crippen molar-refractivity contribution in [3.63, 3.8) is 0 Å². The van der Waals surface area contributed by atoms with E-state index in [1.807, 2.05) is 0 Å². The summed E-state index contributed by atoms with van der Waals surface area (Å²) in [5.74, 6) is -3.76. The Labute approximate surface area is 121 Å². The van der Waals surface area contributed by atoms with E-state index in [0.717, 1.165) is 12.1 Å². The van der Waals surface area contributed by atoms with E-state index in [4.69, 9.17) is 4.74 Å². The number of epoxide rings is 1. The maximum atomic E-state index is 14.6. The number of hydrogen-bond acceptors (Lipinski definition) is 2. The summed E-state index contributed by atoms with van der Waals surface area (Å²) >= 11 is 3.15. The Balaban J connectivity index is 2.01. The van der Waals surface area contributed by atoms with Gasteiger partial charge in [-0.25, -0.2) is 4.39 Å². The van der Waals surface area contributed by atoms with Gasteiger partial charge in [0.15, 0.2) is 5.60 Å². The van der Waals surface area contributed by atoms with Crippen LogP contribution in [0.2, 0.25) is 0 Å². The number of hydrogen-bond donors (Lipinski definition) is 0. The molecule has 2 nitrogen and oxygen atoms in total. The highest BCUT2D eigenvalue weighted by Gasteiger charge is 2.67. The number of alkyl halides is 2. The molecule has 0 saturated carbocycles. The van der Waals surface area contributed by atoms with Crippen molar-refractivity contribution in [1.82, 2.24) is 4.98 Å². The smallest absolute Gasteiger partial charge is 0.324 e. The van der Waals surface area contributed by atoms with Crippen molar-refractivity contribution >= 4 is 15.9 Å². The molecule has 0 spiro atoms. The molecule has 3 rings (SSSR count). The van der Waals surface area contributed by atoms with Crippen molar-refractivity contribution in [2.45, 2.75) is 11.5 Å². The lowest BCUT2D eigenvalue weighted by atomic mass is 9.91. The summed E-state index contributed by atoms with van der Waals surface area (Å²) in [4.78, 5) is 3.75. The van der Waals surface area contributed by atoms with E-state index in [2.05, 4.69) is 20.9 Å². The summed E-state index contributed by atoms with van der Waals surface area (Å²) in [5.41, 5.74) is -1.88. The SMILES string of the molecule is Fc1ccc(C2(C(F)(F)c3ccc(Br)cn3)CO2)cc1. The van der Waals surface area contributed by atoms with Crippen LogP contribution in [-0.4, -0.2) is 11.6 Å². The summed E-state index contributed by atoms with van der Waals surface area (Å²) in [6, 6.07) is 7.66. The second kappa shape index (κ2) is 4.56. The van der Waals surface area contributed by atoms with Crippen LogP contribution in [0.25, 0.3) is 0 Å². The third kappa shape index (κ3) is 2.03. The van der Waals surface area contributed by atoms with Gasteiger partial charge in [0.05, 0.1) is 6.61 Å². The molecular weight excluding hydrogens is 335 g/mol. The van der Waals surface area contributed by atoms with Crippen molar-refractivity contribution < 1.29 is 17.9 Å². The molecule has 20 heavy (non-hydrogen) atoms. The number of nitrogens with zero attached hydrogens (tertiary/aromatic N) is 1. The third-order valence-corrected chi connectivity index (χ3v) is 3.77. The van der Waals surface area contributed by atoms with Crippen molar-refractivity contribution in [1.29, 1.82) is 0 Å². The summed E-state index contributed by atoms with van der Waals surface area (Å²) < 4.78 is 47.8. The van der Waals surface area contributed by atoms with Gasteiger partial charge in [0.25, 0.3) is 0 Å². The van der Waals surface area contributed by atoms with E-state index < -0.39 is 17.3 Å². The zero-order valence-corrected chi connectivity index (χ0v) is 11.7. The van der Waals surface area contributed by atoms with Gasteiger partial charge in [0.1, 0.15) is 11.5 Å². The Morgan fingerprint density at radius 1 is 1.15 bits per heavy atom. The minimum absolute atomic E-state index is 0.122. The van der Waals surface area contributed by atoms with Crippen LogP contribution in [0.5, 0.6) is 0 Å². The number of ether oxygens (including phenoxy) is 1. The Kier molecular flexibility index (Phi) is 3.10. The van der Waals surface area contributed by atoms with Crippen molar-refractivity contribution in [3.8, 4) is 0 Å². The zero-order chi connectivity index (χ0) is 14.4. The summed E-state index contributed by atoms with van der Waals surface area (Å²) in [6.45, 7) is -0.122. The predicted octanol–water partition coefficient (Wildman–Crippen LogP) is 4.00. The second-order valence-corrected chi connectivity index (χ2v) is 5.47. The van der Waals surface area contributed by atoms with E-state index in [0.29, 0.717) is 4.47 Å². The molecule has 1 saturated heterocycles. The van der Waals surface area contributed by atoms with Crippen LogP contribution in [0, 0.1) is 5.82 Å². The van der Waals surface area contributed by atoms with Gasteiger partial charge in [-0.15, -0.1) is 0 Å². The molecule has 1 atom stereocenters. The molecule has 1 aromatic heterocycles. The van der Waals surface area contributed by atoms with Gasteiger partial charge >= 0.3 is 5.92 Å². The van der Waals surface area contributed by atoms with E-state index in [1.54, 1.807) is 0 Å². The molecule has 0 radical (unpaired) electrons. The van der Waals surface area contributed by atoms with Gasteiger partial charge in [-0.3, -0.25) is 4.98 Å². The number of halogens is 4. The second-order valence-electron chi connectivity index (χ2n) is 4.56. The summed E-state index contributed by atoms with van der Waals surface area (Å²) in [7, 11) is 0.